The highest BCUT2D eigenvalue weighted by Crippen LogP contribution is 2.34. The van der Waals surface area contributed by atoms with Crippen LogP contribution < -0.4 is 14.8 Å². The zero-order valence-electron chi connectivity index (χ0n) is 14.2. The number of rotatable bonds is 12. The van der Waals surface area contributed by atoms with Crippen LogP contribution in [0, 0.1) is 0 Å². The van der Waals surface area contributed by atoms with Gasteiger partial charge in [-0.2, -0.15) is 0 Å². The molecular formula is C18H30ClNO2. The molecule has 0 saturated carbocycles. The van der Waals surface area contributed by atoms with Gasteiger partial charge in [-0.05, 0) is 26.0 Å². The van der Waals surface area contributed by atoms with Gasteiger partial charge >= 0.3 is 0 Å². The van der Waals surface area contributed by atoms with Gasteiger partial charge in [0.05, 0.1) is 13.7 Å². The molecule has 4 heteroatoms. The molecular weight excluding hydrogens is 298 g/mol. The Morgan fingerprint density at radius 1 is 1.05 bits per heavy atom. The summed E-state index contributed by atoms with van der Waals surface area (Å²) in [7, 11) is 1.64. The molecule has 1 N–H and O–H groups in total. The number of unbranched alkanes of at least 4 members (excludes halogenated alkanes) is 5. The fourth-order valence-corrected chi connectivity index (χ4v) is 2.70. The fraction of sp³-hybridized carbons (Fsp3) is 0.667. The number of benzene rings is 1. The quantitative estimate of drug-likeness (QED) is 0.535. The molecule has 1 aromatic carbocycles. The van der Waals surface area contributed by atoms with Crippen LogP contribution in [0.3, 0.4) is 0 Å². The number of halogens is 1. The molecule has 0 unspecified atom stereocenters. The SMILES string of the molecule is CCCCCCCCNCc1cc(Cl)cc(OC)c1OCC. The summed E-state index contributed by atoms with van der Waals surface area (Å²) in [5, 5.41) is 4.15. The first-order chi connectivity index (χ1) is 10.7. The minimum atomic E-state index is 0.614. The molecule has 0 heterocycles. The van der Waals surface area contributed by atoms with Crippen LogP contribution in [0.1, 0.15) is 57.9 Å². The molecule has 0 aliphatic heterocycles. The van der Waals surface area contributed by atoms with Gasteiger partial charge in [0.25, 0.3) is 0 Å². The normalized spacial score (nSPS) is 10.7. The van der Waals surface area contributed by atoms with E-state index in [9.17, 15) is 0 Å². The van der Waals surface area contributed by atoms with Crippen molar-refractivity contribution in [3.63, 3.8) is 0 Å². The van der Waals surface area contributed by atoms with E-state index in [4.69, 9.17) is 21.1 Å². The van der Waals surface area contributed by atoms with E-state index >= 15 is 0 Å². The number of ether oxygens (including phenoxy) is 2. The first-order valence-electron chi connectivity index (χ1n) is 8.42. The molecule has 0 aliphatic rings. The van der Waals surface area contributed by atoms with E-state index in [0.717, 1.165) is 24.4 Å². The summed E-state index contributed by atoms with van der Waals surface area (Å²) in [6.45, 7) is 6.61. The number of methoxy groups -OCH3 is 1. The van der Waals surface area contributed by atoms with Crippen LogP contribution in [0.15, 0.2) is 12.1 Å². The molecule has 126 valence electrons. The van der Waals surface area contributed by atoms with Gasteiger partial charge in [0.1, 0.15) is 0 Å². The summed E-state index contributed by atoms with van der Waals surface area (Å²) >= 11 is 6.15. The van der Waals surface area contributed by atoms with Crippen molar-refractivity contribution in [1.29, 1.82) is 0 Å². The van der Waals surface area contributed by atoms with Gasteiger partial charge in [-0.1, -0.05) is 50.6 Å². The molecule has 0 bridgehead atoms. The Kier molecular flexibility index (Phi) is 10.1. The number of hydrogen-bond acceptors (Lipinski definition) is 3. The molecule has 3 nitrogen and oxygen atoms in total. The molecule has 0 aromatic heterocycles. The molecule has 22 heavy (non-hydrogen) atoms. The first kappa shape index (κ1) is 19.1. The predicted octanol–water partition coefficient (Wildman–Crippen LogP) is 5.20. The van der Waals surface area contributed by atoms with Crippen LogP contribution in [0.2, 0.25) is 5.02 Å². The van der Waals surface area contributed by atoms with Crippen molar-refractivity contribution in [3.05, 3.63) is 22.7 Å². The van der Waals surface area contributed by atoms with Gasteiger partial charge in [-0.15, -0.1) is 0 Å². The van der Waals surface area contributed by atoms with Crippen LogP contribution in [0.25, 0.3) is 0 Å². The zero-order valence-corrected chi connectivity index (χ0v) is 15.0. The Hall–Kier alpha value is -0.930. The fourth-order valence-electron chi connectivity index (χ4n) is 2.47. The third-order valence-corrected chi connectivity index (χ3v) is 3.85. The number of nitrogens with one attached hydrogen (secondary N) is 1. The lowest BCUT2D eigenvalue weighted by atomic mass is 10.1. The van der Waals surface area contributed by atoms with E-state index in [0.29, 0.717) is 17.4 Å². The average molecular weight is 328 g/mol. The van der Waals surface area contributed by atoms with E-state index in [1.807, 2.05) is 13.0 Å². The lowest BCUT2D eigenvalue weighted by Crippen LogP contribution is -2.15. The second-order valence-electron chi connectivity index (χ2n) is 5.47. The maximum Gasteiger partial charge on any atom is 0.165 e. The number of hydrogen-bond donors (Lipinski definition) is 1. The Morgan fingerprint density at radius 3 is 2.45 bits per heavy atom. The summed E-state index contributed by atoms with van der Waals surface area (Å²) in [6, 6.07) is 3.74. The van der Waals surface area contributed by atoms with Gasteiger partial charge in [-0.3, -0.25) is 0 Å². The Morgan fingerprint density at radius 2 is 1.77 bits per heavy atom. The molecule has 0 atom stereocenters. The average Bonchev–Trinajstić information content (AvgIpc) is 2.52. The van der Waals surface area contributed by atoms with Gasteiger partial charge in [0.2, 0.25) is 0 Å². The first-order valence-corrected chi connectivity index (χ1v) is 8.80. The van der Waals surface area contributed by atoms with E-state index < -0.39 is 0 Å². The van der Waals surface area contributed by atoms with Gasteiger partial charge < -0.3 is 14.8 Å². The molecule has 0 spiro atoms. The Balaban J connectivity index is 2.42. The van der Waals surface area contributed by atoms with Crippen LogP contribution in [0.4, 0.5) is 0 Å². The molecule has 0 radical (unpaired) electrons. The van der Waals surface area contributed by atoms with E-state index in [-0.39, 0.29) is 0 Å². The predicted molar refractivity (Wildman–Crippen MR) is 94.3 cm³/mol. The lowest BCUT2D eigenvalue weighted by molar-refractivity contribution is 0.306. The van der Waals surface area contributed by atoms with Crippen LogP contribution in [0.5, 0.6) is 11.5 Å². The van der Waals surface area contributed by atoms with Crippen LogP contribution in [-0.2, 0) is 6.54 Å². The zero-order chi connectivity index (χ0) is 16.2. The summed E-state index contributed by atoms with van der Waals surface area (Å²) in [5.41, 5.74) is 1.05. The highest BCUT2D eigenvalue weighted by Gasteiger charge is 2.12. The maximum absolute atomic E-state index is 6.15. The standard InChI is InChI=1S/C18H30ClNO2/c1-4-6-7-8-9-10-11-20-14-15-12-16(19)13-17(21-3)18(15)22-5-2/h12-13,20H,4-11,14H2,1-3H3. The molecule has 0 amide bonds. The maximum atomic E-state index is 6.15. The monoisotopic (exact) mass is 327 g/mol. The van der Waals surface area contributed by atoms with Crippen molar-refractivity contribution < 1.29 is 9.47 Å². The van der Waals surface area contributed by atoms with E-state index in [1.165, 1.54) is 38.5 Å². The van der Waals surface area contributed by atoms with Crippen molar-refractivity contribution >= 4 is 11.6 Å². The molecule has 1 aromatic rings. The van der Waals surface area contributed by atoms with Crippen molar-refractivity contribution in [2.45, 2.75) is 58.9 Å². The Labute approximate surface area is 140 Å². The summed E-state index contributed by atoms with van der Waals surface area (Å²) in [5.74, 6) is 1.50. The Bertz CT molecular complexity index is 424. The molecule has 0 fully saturated rings. The van der Waals surface area contributed by atoms with Crippen molar-refractivity contribution in [2.24, 2.45) is 0 Å². The largest absolute Gasteiger partial charge is 0.493 e. The summed E-state index contributed by atoms with van der Waals surface area (Å²) in [4.78, 5) is 0. The van der Waals surface area contributed by atoms with Gasteiger partial charge in [0, 0.05) is 23.2 Å². The third-order valence-electron chi connectivity index (χ3n) is 3.63. The minimum Gasteiger partial charge on any atom is -0.493 e. The second kappa shape index (κ2) is 11.6. The second-order valence-corrected chi connectivity index (χ2v) is 5.91. The van der Waals surface area contributed by atoms with Gasteiger partial charge in [-0.25, -0.2) is 0 Å². The molecule has 0 saturated heterocycles. The van der Waals surface area contributed by atoms with Crippen LogP contribution in [-0.4, -0.2) is 20.3 Å². The highest BCUT2D eigenvalue weighted by atomic mass is 35.5. The summed E-state index contributed by atoms with van der Waals surface area (Å²) in [6.07, 6.45) is 7.86. The smallest absolute Gasteiger partial charge is 0.165 e. The van der Waals surface area contributed by atoms with Crippen LogP contribution >= 0.6 is 11.6 Å². The summed E-state index contributed by atoms with van der Waals surface area (Å²) < 4.78 is 11.1. The van der Waals surface area contributed by atoms with Crippen molar-refractivity contribution in [1.82, 2.24) is 5.32 Å². The highest BCUT2D eigenvalue weighted by molar-refractivity contribution is 6.30. The molecule has 1 rings (SSSR count). The third kappa shape index (κ3) is 6.89. The van der Waals surface area contributed by atoms with Crippen molar-refractivity contribution in [3.8, 4) is 11.5 Å². The van der Waals surface area contributed by atoms with E-state index in [1.54, 1.807) is 13.2 Å². The minimum absolute atomic E-state index is 0.614. The lowest BCUT2D eigenvalue weighted by Gasteiger charge is -2.15. The van der Waals surface area contributed by atoms with Crippen molar-refractivity contribution in [2.75, 3.05) is 20.3 Å². The molecule has 0 aliphatic carbocycles. The van der Waals surface area contributed by atoms with E-state index in [2.05, 4.69) is 12.2 Å². The topological polar surface area (TPSA) is 30.5 Å². The van der Waals surface area contributed by atoms with Gasteiger partial charge in [0.15, 0.2) is 11.5 Å².